The average molecular weight is 545 g/mol. The van der Waals surface area contributed by atoms with E-state index in [1.807, 2.05) is 0 Å². The molecule has 204 valence electrons. The third-order valence-electron chi connectivity index (χ3n) is 6.50. The number of benzene rings is 2. The number of nitrogens with one attached hydrogen (secondary N) is 2. The molecule has 1 aliphatic heterocycles. The molecule has 4 aromatic rings. The van der Waals surface area contributed by atoms with E-state index < -0.39 is 34.8 Å². The Morgan fingerprint density at radius 1 is 1.10 bits per heavy atom. The Kier molecular flexibility index (Phi) is 7.02. The van der Waals surface area contributed by atoms with E-state index in [1.54, 1.807) is 48.6 Å². The van der Waals surface area contributed by atoms with E-state index >= 15 is 4.39 Å². The van der Waals surface area contributed by atoms with Crippen molar-refractivity contribution >= 4 is 16.5 Å². The van der Waals surface area contributed by atoms with Crippen LogP contribution in [-0.2, 0) is 12.7 Å². The van der Waals surface area contributed by atoms with Crippen molar-refractivity contribution in [1.29, 1.82) is 0 Å². The second-order valence-corrected chi connectivity index (χ2v) is 9.27. The Bertz CT molecular complexity index is 1650. The van der Waals surface area contributed by atoms with Gasteiger partial charge in [-0.25, -0.2) is 9.49 Å². The van der Waals surface area contributed by atoms with E-state index in [-0.39, 0.29) is 17.5 Å². The van der Waals surface area contributed by atoms with E-state index in [1.165, 1.54) is 10.6 Å². The third kappa shape index (κ3) is 5.45. The summed E-state index contributed by atoms with van der Waals surface area (Å²) in [4.78, 5) is 24.7. The second-order valence-electron chi connectivity index (χ2n) is 9.27. The largest absolute Gasteiger partial charge is 0.486 e. The zero-order chi connectivity index (χ0) is 27.7. The van der Waals surface area contributed by atoms with Gasteiger partial charge in [0.2, 0.25) is 0 Å². The van der Waals surface area contributed by atoms with E-state index in [9.17, 15) is 22.8 Å². The lowest BCUT2D eigenvalue weighted by Gasteiger charge is -2.19. The molecule has 0 saturated heterocycles. The first-order chi connectivity index (χ1) is 18.6. The van der Waals surface area contributed by atoms with Crippen molar-refractivity contribution in [2.75, 3.05) is 18.5 Å². The molecule has 3 heterocycles. The van der Waals surface area contributed by atoms with Gasteiger partial charge < -0.3 is 19.4 Å². The summed E-state index contributed by atoms with van der Waals surface area (Å²) in [7, 11) is 0. The fourth-order valence-corrected chi connectivity index (χ4v) is 4.61. The summed E-state index contributed by atoms with van der Waals surface area (Å²) in [5.74, 6) is 0.564. The quantitative estimate of drug-likeness (QED) is 0.319. The van der Waals surface area contributed by atoms with Crippen LogP contribution in [0.2, 0.25) is 0 Å². The second kappa shape index (κ2) is 10.4. The van der Waals surface area contributed by atoms with Gasteiger partial charge in [0.25, 0.3) is 11.1 Å². The number of H-pyrrole nitrogens is 1. The summed E-state index contributed by atoms with van der Waals surface area (Å²) in [5, 5.41) is 8.70. The third-order valence-corrected chi connectivity index (χ3v) is 6.50. The number of hydrogen-bond donors (Lipinski definition) is 2. The molecule has 2 N–H and O–H groups in total. The first kappa shape index (κ1) is 26.3. The maximum absolute atomic E-state index is 15.1. The van der Waals surface area contributed by atoms with Crippen molar-refractivity contribution in [3.63, 3.8) is 0 Å². The van der Waals surface area contributed by atoms with Gasteiger partial charge in [-0.3, -0.25) is 9.59 Å². The maximum Gasteiger partial charge on any atom is 0.423 e. The number of pyridine rings is 1. The number of halogens is 4. The number of aryl methyl sites for hydroxylation is 1. The van der Waals surface area contributed by atoms with E-state index in [4.69, 9.17) is 9.47 Å². The number of hydrogen-bond acceptors (Lipinski definition) is 6. The number of rotatable bonds is 7. The first-order valence-electron chi connectivity index (χ1n) is 12.3. The summed E-state index contributed by atoms with van der Waals surface area (Å²) in [6.45, 7) is 2.79. The average Bonchev–Trinajstić information content (AvgIpc) is 2.89. The van der Waals surface area contributed by atoms with Gasteiger partial charge in [0, 0.05) is 24.3 Å². The standard InChI is InChI=1S/C27H24F4N4O4/c1-15(33-21-14-32-34-25(36)24(21)27(29,30)31)3-2-7-35-8-6-17-11-18(20(28)13-19(17)26(35)37)16-4-5-22-23(12-16)39-10-9-38-22/h4-6,8,11-15H,2-3,7,9-10H2,1H3,(H2,33,34,36). The van der Waals surface area contributed by atoms with Crippen LogP contribution >= 0.6 is 0 Å². The number of aromatic nitrogens is 3. The lowest BCUT2D eigenvalue weighted by molar-refractivity contribution is -0.138. The van der Waals surface area contributed by atoms with E-state index in [0.717, 1.165) is 6.20 Å². The highest BCUT2D eigenvalue weighted by Crippen LogP contribution is 2.36. The summed E-state index contributed by atoms with van der Waals surface area (Å²) < 4.78 is 67.4. The van der Waals surface area contributed by atoms with Crippen molar-refractivity contribution in [1.82, 2.24) is 14.8 Å². The molecule has 1 atom stereocenters. The van der Waals surface area contributed by atoms with Gasteiger partial charge in [-0.2, -0.15) is 18.3 Å². The Balaban J connectivity index is 1.30. The summed E-state index contributed by atoms with van der Waals surface area (Å²) in [6.07, 6.45) is -1.48. The number of nitrogens with zero attached hydrogens (tertiary/aromatic N) is 2. The van der Waals surface area contributed by atoms with E-state index in [2.05, 4.69) is 10.4 Å². The van der Waals surface area contributed by atoms with Crippen LogP contribution in [-0.4, -0.2) is 34.0 Å². The molecule has 39 heavy (non-hydrogen) atoms. The summed E-state index contributed by atoms with van der Waals surface area (Å²) in [5.41, 5.74) is -2.54. The minimum Gasteiger partial charge on any atom is -0.486 e. The number of fused-ring (bicyclic) bond motifs is 2. The van der Waals surface area contributed by atoms with Crippen LogP contribution in [0.5, 0.6) is 11.5 Å². The zero-order valence-corrected chi connectivity index (χ0v) is 20.8. The summed E-state index contributed by atoms with van der Waals surface area (Å²) >= 11 is 0. The van der Waals surface area contributed by atoms with Crippen molar-refractivity contribution in [2.45, 2.75) is 38.5 Å². The van der Waals surface area contributed by atoms with Gasteiger partial charge >= 0.3 is 6.18 Å². The molecule has 0 bridgehead atoms. The number of anilines is 1. The minimum absolute atomic E-state index is 0.215. The molecule has 2 aromatic carbocycles. The lowest BCUT2D eigenvalue weighted by Crippen LogP contribution is -2.27. The molecule has 0 radical (unpaired) electrons. The molecule has 2 aromatic heterocycles. The van der Waals surface area contributed by atoms with Crippen LogP contribution in [0.1, 0.15) is 25.3 Å². The Morgan fingerprint density at radius 2 is 1.87 bits per heavy atom. The molecule has 0 spiro atoms. The highest BCUT2D eigenvalue weighted by Gasteiger charge is 2.37. The summed E-state index contributed by atoms with van der Waals surface area (Å²) in [6, 6.07) is 9.25. The number of aromatic amines is 1. The molecule has 1 aliphatic rings. The highest BCUT2D eigenvalue weighted by atomic mass is 19.4. The van der Waals surface area contributed by atoms with Crippen molar-refractivity contribution in [3.05, 3.63) is 80.9 Å². The molecular formula is C27H24F4N4O4. The van der Waals surface area contributed by atoms with Gasteiger partial charge in [0.1, 0.15) is 24.6 Å². The predicted octanol–water partition coefficient (Wildman–Crippen LogP) is 4.96. The minimum atomic E-state index is -4.84. The van der Waals surface area contributed by atoms with E-state index in [0.29, 0.717) is 54.1 Å². The number of alkyl halides is 3. The van der Waals surface area contributed by atoms with Crippen molar-refractivity contribution in [3.8, 4) is 22.6 Å². The predicted molar refractivity (Wildman–Crippen MR) is 137 cm³/mol. The van der Waals surface area contributed by atoms with Gasteiger partial charge in [-0.15, -0.1) is 0 Å². The molecule has 1 unspecified atom stereocenters. The van der Waals surface area contributed by atoms with Crippen LogP contribution in [0.3, 0.4) is 0 Å². The van der Waals surface area contributed by atoms with Crippen molar-refractivity contribution < 1.29 is 27.0 Å². The molecule has 0 amide bonds. The molecule has 12 heteroatoms. The van der Waals surface area contributed by atoms with Gasteiger partial charge in [-0.1, -0.05) is 6.07 Å². The fourth-order valence-electron chi connectivity index (χ4n) is 4.61. The SMILES string of the molecule is CC(CCCn1ccc2cc(-c3ccc4c(c3)OCCO4)c(F)cc2c1=O)Nc1cn[nH]c(=O)c1C(F)(F)F. The molecule has 5 rings (SSSR count). The normalized spacial score (nSPS) is 13.9. The molecule has 0 fully saturated rings. The molecular weight excluding hydrogens is 520 g/mol. The zero-order valence-electron chi connectivity index (χ0n) is 20.8. The monoisotopic (exact) mass is 544 g/mol. The van der Waals surface area contributed by atoms with Crippen LogP contribution < -0.4 is 25.9 Å². The smallest absolute Gasteiger partial charge is 0.423 e. The Labute approximate surface area is 219 Å². The lowest BCUT2D eigenvalue weighted by atomic mass is 10.0. The Morgan fingerprint density at radius 3 is 2.64 bits per heavy atom. The van der Waals surface area contributed by atoms with Crippen LogP contribution in [0, 0.1) is 5.82 Å². The van der Waals surface area contributed by atoms with Gasteiger partial charge in [-0.05, 0) is 61.0 Å². The van der Waals surface area contributed by atoms with Crippen LogP contribution in [0.25, 0.3) is 21.9 Å². The van der Waals surface area contributed by atoms with Crippen LogP contribution in [0.4, 0.5) is 23.2 Å². The van der Waals surface area contributed by atoms with Crippen LogP contribution in [0.15, 0.2) is 58.4 Å². The molecule has 8 nitrogen and oxygen atoms in total. The number of ether oxygens (including phenoxy) is 2. The maximum atomic E-state index is 15.1. The fraction of sp³-hybridized carbons (Fsp3) is 0.296. The Hall–Kier alpha value is -4.35. The first-order valence-corrected chi connectivity index (χ1v) is 12.3. The highest BCUT2D eigenvalue weighted by molar-refractivity contribution is 5.87. The topological polar surface area (TPSA) is 98.2 Å². The van der Waals surface area contributed by atoms with Gasteiger partial charge in [0.15, 0.2) is 11.5 Å². The van der Waals surface area contributed by atoms with Crippen molar-refractivity contribution in [2.24, 2.45) is 0 Å². The molecule has 0 saturated carbocycles. The molecule has 0 aliphatic carbocycles. The van der Waals surface area contributed by atoms with Gasteiger partial charge in [0.05, 0.1) is 17.3 Å².